The number of oxazole rings is 1. The highest BCUT2D eigenvalue weighted by Gasteiger charge is 2.15. The van der Waals surface area contributed by atoms with Crippen molar-refractivity contribution < 1.29 is 9.21 Å². The molecule has 0 saturated heterocycles. The van der Waals surface area contributed by atoms with Crippen LogP contribution >= 0.6 is 36.2 Å². The van der Waals surface area contributed by atoms with E-state index in [0.717, 1.165) is 5.56 Å². The zero-order valence-corrected chi connectivity index (χ0v) is 14.2. The molecule has 0 aliphatic carbocycles. The number of aryl methyl sites for hydroxylation is 1. The molecule has 1 atom stereocenters. The van der Waals surface area contributed by atoms with E-state index >= 15 is 0 Å². The topological polar surface area (TPSA) is 81.2 Å². The second-order valence-corrected chi connectivity index (χ2v) is 5.19. The average molecular weight is 352 g/mol. The van der Waals surface area contributed by atoms with Crippen LogP contribution in [0.25, 0.3) is 11.5 Å². The number of rotatable bonds is 5. The Hall–Kier alpha value is -1.08. The van der Waals surface area contributed by atoms with Crippen LogP contribution in [0.15, 0.2) is 21.2 Å². The van der Waals surface area contributed by atoms with Gasteiger partial charge in [0.2, 0.25) is 11.8 Å². The molecule has 0 saturated carbocycles. The van der Waals surface area contributed by atoms with Gasteiger partial charge in [0, 0.05) is 23.5 Å². The monoisotopic (exact) mass is 351 g/mol. The molecule has 118 valence electrons. The number of nitrogens with two attached hydrogens (primary N) is 1. The van der Waals surface area contributed by atoms with Crippen molar-refractivity contribution in [1.82, 2.24) is 10.3 Å². The third kappa shape index (κ3) is 5.32. The Kier molecular flexibility index (Phi) is 8.58. The maximum absolute atomic E-state index is 11.8. The van der Waals surface area contributed by atoms with Crippen molar-refractivity contribution in [2.75, 3.05) is 6.54 Å². The number of carbonyl (C=O) groups excluding carboxylic acids is 1. The van der Waals surface area contributed by atoms with Crippen LogP contribution in [0.1, 0.15) is 18.4 Å². The molecule has 2 aromatic rings. The first-order valence-corrected chi connectivity index (χ1v) is 7.02. The fourth-order valence-electron chi connectivity index (χ4n) is 1.64. The van der Waals surface area contributed by atoms with E-state index < -0.39 is 0 Å². The molecule has 0 radical (unpaired) electrons. The van der Waals surface area contributed by atoms with E-state index in [-0.39, 0.29) is 43.2 Å². The first kappa shape index (κ1) is 19.9. The summed E-state index contributed by atoms with van der Waals surface area (Å²) in [6.45, 7) is 4.10. The quantitative estimate of drug-likeness (QED) is 0.867. The SMILES string of the molecule is Cc1oc(-c2ccsc2)nc1CC(=O)N[C@@H](C)CN.Cl.Cl. The van der Waals surface area contributed by atoms with Crippen LogP contribution < -0.4 is 11.1 Å². The Bertz CT molecular complexity index is 558. The summed E-state index contributed by atoms with van der Waals surface area (Å²) in [5.41, 5.74) is 7.07. The number of carbonyl (C=O) groups is 1. The highest BCUT2D eigenvalue weighted by Crippen LogP contribution is 2.23. The standard InChI is InChI=1S/C13H17N3O2S.2ClH/c1-8(6-14)15-12(17)5-11-9(2)18-13(16-11)10-3-4-19-7-10;;/h3-4,7-8H,5-6,14H2,1-2H3,(H,15,17);2*1H/t8-;;/m0../s1. The van der Waals surface area contributed by atoms with Crippen LogP contribution in [0.2, 0.25) is 0 Å². The Morgan fingerprint density at radius 2 is 2.24 bits per heavy atom. The zero-order chi connectivity index (χ0) is 13.8. The molecule has 0 unspecified atom stereocenters. The molecule has 0 aliphatic heterocycles. The number of hydrogen-bond donors (Lipinski definition) is 2. The fourth-order valence-corrected chi connectivity index (χ4v) is 2.27. The Morgan fingerprint density at radius 3 is 2.81 bits per heavy atom. The molecule has 2 aromatic heterocycles. The summed E-state index contributed by atoms with van der Waals surface area (Å²) in [5.74, 6) is 1.15. The molecule has 21 heavy (non-hydrogen) atoms. The van der Waals surface area contributed by atoms with Crippen LogP contribution in [0.4, 0.5) is 0 Å². The maximum atomic E-state index is 11.8. The number of thiophene rings is 1. The third-order valence-corrected chi connectivity index (χ3v) is 3.43. The number of hydrogen-bond acceptors (Lipinski definition) is 5. The van der Waals surface area contributed by atoms with Gasteiger partial charge in [-0.2, -0.15) is 11.3 Å². The van der Waals surface area contributed by atoms with Crippen molar-refractivity contribution in [3.63, 3.8) is 0 Å². The van der Waals surface area contributed by atoms with E-state index in [1.54, 1.807) is 11.3 Å². The van der Waals surface area contributed by atoms with Gasteiger partial charge in [-0.1, -0.05) is 0 Å². The van der Waals surface area contributed by atoms with Crippen LogP contribution in [0, 0.1) is 6.92 Å². The summed E-state index contributed by atoms with van der Waals surface area (Å²) >= 11 is 1.58. The molecule has 8 heteroatoms. The molecule has 0 bridgehead atoms. The Balaban J connectivity index is 0.00000200. The van der Waals surface area contributed by atoms with E-state index in [2.05, 4.69) is 10.3 Å². The number of aromatic nitrogens is 1. The van der Waals surface area contributed by atoms with Gasteiger partial charge in [-0.05, 0) is 25.3 Å². The second-order valence-electron chi connectivity index (χ2n) is 4.41. The lowest BCUT2D eigenvalue weighted by Gasteiger charge is -2.10. The molecule has 0 fully saturated rings. The van der Waals surface area contributed by atoms with Crippen LogP contribution in [0.5, 0.6) is 0 Å². The molecule has 3 N–H and O–H groups in total. The van der Waals surface area contributed by atoms with Gasteiger partial charge in [-0.3, -0.25) is 4.79 Å². The van der Waals surface area contributed by atoms with Gasteiger partial charge in [-0.25, -0.2) is 4.98 Å². The van der Waals surface area contributed by atoms with E-state index in [0.29, 0.717) is 23.9 Å². The Morgan fingerprint density at radius 1 is 1.52 bits per heavy atom. The van der Waals surface area contributed by atoms with Gasteiger partial charge in [0.15, 0.2) is 0 Å². The number of nitrogens with one attached hydrogen (secondary N) is 1. The summed E-state index contributed by atoms with van der Waals surface area (Å²) in [6, 6.07) is 1.91. The van der Waals surface area contributed by atoms with Crippen molar-refractivity contribution in [1.29, 1.82) is 0 Å². The molecule has 0 aliphatic rings. The highest BCUT2D eigenvalue weighted by molar-refractivity contribution is 7.08. The molecule has 2 rings (SSSR count). The van der Waals surface area contributed by atoms with Crippen molar-refractivity contribution in [3.8, 4) is 11.5 Å². The summed E-state index contributed by atoms with van der Waals surface area (Å²) in [6.07, 6.45) is 0.212. The molecule has 0 spiro atoms. The molecule has 5 nitrogen and oxygen atoms in total. The van der Waals surface area contributed by atoms with Gasteiger partial charge in [0.05, 0.1) is 12.1 Å². The average Bonchev–Trinajstić information content (AvgIpc) is 2.99. The lowest BCUT2D eigenvalue weighted by molar-refractivity contribution is -0.121. The maximum Gasteiger partial charge on any atom is 0.227 e. The van der Waals surface area contributed by atoms with Crippen molar-refractivity contribution in [2.45, 2.75) is 26.3 Å². The molecule has 0 aromatic carbocycles. The predicted octanol–water partition coefficient (Wildman–Crippen LogP) is 2.56. The van der Waals surface area contributed by atoms with Gasteiger partial charge in [0.1, 0.15) is 5.76 Å². The molecule has 2 heterocycles. The van der Waals surface area contributed by atoms with Crippen LogP contribution in [-0.2, 0) is 11.2 Å². The minimum absolute atomic E-state index is 0. The minimum atomic E-state index is -0.0915. The first-order valence-electron chi connectivity index (χ1n) is 6.08. The van der Waals surface area contributed by atoms with E-state index in [1.807, 2.05) is 30.7 Å². The molecular weight excluding hydrogens is 333 g/mol. The zero-order valence-electron chi connectivity index (χ0n) is 11.8. The normalized spacial score (nSPS) is 11.2. The lowest BCUT2D eigenvalue weighted by Crippen LogP contribution is -2.38. The minimum Gasteiger partial charge on any atom is -0.441 e. The van der Waals surface area contributed by atoms with E-state index in [1.165, 1.54) is 0 Å². The summed E-state index contributed by atoms with van der Waals surface area (Å²) in [7, 11) is 0. The van der Waals surface area contributed by atoms with Gasteiger partial charge < -0.3 is 15.5 Å². The summed E-state index contributed by atoms with van der Waals surface area (Å²) in [5, 5.41) is 6.73. The van der Waals surface area contributed by atoms with Gasteiger partial charge in [0.25, 0.3) is 0 Å². The molecule has 1 amide bonds. The second kappa shape index (κ2) is 9.04. The highest BCUT2D eigenvalue weighted by atomic mass is 35.5. The number of halogens is 2. The van der Waals surface area contributed by atoms with Crippen molar-refractivity contribution in [2.24, 2.45) is 5.73 Å². The summed E-state index contributed by atoms with van der Waals surface area (Å²) in [4.78, 5) is 16.2. The van der Waals surface area contributed by atoms with Crippen molar-refractivity contribution in [3.05, 3.63) is 28.3 Å². The number of nitrogens with zero attached hydrogens (tertiary/aromatic N) is 1. The number of amides is 1. The largest absolute Gasteiger partial charge is 0.441 e. The van der Waals surface area contributed by atoms with Crippen LogP contribution in [0.3, 0.4) is 0 Å². The van der Waals surface area contributed by atoms with Gasteiger partial charge in [-0.15, -0.1) is 24.8 Å². The van der Waals surface area contributed by atoms with E-state index in [9.17, 15) is 4.79 Å². The van der Waals surface area contributed by atoms with E-state index in [4.69, 9.17) is 10.2 Å². The summed E-state index contributed by atoms with van der Waals surface area (Å²) < 4.78 is 5.58. The van der Waals surface area contributed by atoms with Crippen molar-refractivity contribution >= 4 is 42.1 Å². The molecular formula is C13H19Cl2N3O2S. The van der Waals surface area contributed by atoms with Gasteiger partial charge >= 0.3 is 0 Å². The Labute approximate surface area is 140 Å². The van der Waals surface area contributed by atoms with Crippen LogP contribution in [-0.4, -0.2) is 23.5 Å². The smallest absolute Gasteiger partial charge is 0.227 e. The third-order valence-electron chi connectivity index (χ3n) is 2.75. The lowest BCUT2D eigenvalue weighted by atomic mass is 10.2. The fraction of sp³-hybridized carbons (Fsp3) is 0.385. The predicted molar refractivity (Wildman–Crippen MR) is 89.4 cm³/mol. The first-order chi connectivity index (χ1) is 9.10.